The van der Waals surface area contributed by atoms with Crippen molar-refractivity contribution < 1.29 is 28.6 Å². The SMILES string of the molecule is CC(C)(C)OC(=O)NC(CC(=O)N1Cc2cnccc2CC1C(=O)O)Cc1ccccc1F. The highest BCUT2D eigenvalue weighted by Gasteiger charge is 2.36. The summed E-state index contributed by atoms with van der Waals surface area (Å²) < 4.78 is 19.6. The molecule has 1 aliphatic heterocycles. The van der Waals surface area contributed by atoms with Crippen LogP contribution in [0.4, 0.5) is 9.18 Å². The molecule has 0 spiro atoms. The average molecular weight is 458 g/mol. The number of benzene rings is 1. The standard InChI is InChI=1S/C24H28FN3O5/c1-24(2,3)33-23(32)27-18(10-16-6-4-5-7-19(16)25)12-21(29)28-14-17-13-26-9-8-15(17)11-20(28)22(30)31/h4-9,13,18,20H,10-12,14H2,1-3H3,(H,27,32)(H,30,31). The summed E-state index contributed by atoms with van der Waals surface area (Å²) in [6, 6.07) is 6.01. The van der Waals surface area contributed by atoms with Crippen LogP contribution in [0.5, 0.6) is 0 Å². The minimum atomic E-state index is -1.11. The first-order chi connectivity index (χ1) is 15.5. The van der Waals surface area contributed by atoms with Gasteiger partial charge in [-0.1, -0.05) is 18.2 Å². The van der Waals surface area contributed by atoms with Gasteiger partial charge >= 0.3 is 12.1 Å². The Bertz CT molecular complexity index is 1040. The van der Waals surface area contributed by atoms with Gasteiger partial charge in [0, 0.05) is 37.8 Å². The number of carbonyl (C=O) groups is 3. The number of hydrogen-bond donors (Lipinski definition) is 2. The molecule has 2 atom stereocenters. The second-order valence-corrected chi connectivity index (χ2v) is 9.07. The topological polar surface area (TPSA) is 109 Å². The molecule has 0 bridgehead atoms. The Morgan fingerprint density at radius 3 is 2.64 bits per heavy atom. The fourth-order valence-corrected chi connectivity index (χ4v) is 3.80. The monoisotopic (exact) mass is 457 g/mol. The van der Waals surface area contributed by atoms with Gasteiger partial charge in [0.2, 0.25) is 5.91 Å². The molecule has 2 heterocycles. The van der Waals surface area contributed by atoms with Crippen LogP contribution in [0.15, 0.2) is 42.7 Å². The molecule has 1 aromatic heterocycles. The molecule has 33 heavy (non-hydrogen) atoms. The molecule has 9 heteroatoms. The van der Waals surface area contributed by atoms with Crippen LogP contribution in [0.25, 0.3) is 0 Å². The number of ether oxygens (including phenoxy) is 1. The van der Waals surface area contributed by atoms with E-state index in [-0.39, 0.29) is 25.8 Å². The summed E-state index contributed by atoms with van der Waals surface area (Å²) >= 11 is 0. The van der Waals surface area contributed by atoms with E-state index in [1.54, 1.807) is 57.4 Å². The lowest BCUT2D eigenvalue weighted by Gasteiger charge is -2.35. The van der Waals surface area contributed by atoms with Crippen molar-refractivity contribution >= 4 is 18.0 Å². The van der Waals surface area contributed by atoms with Gasteiger partial charge in [-0.15, -0.1) is 0 Å². The van der Waals surface area contributed by atoms with Crippen molar-refractivity contribution in [1.29, 1.82) is 0 Å². The van der Waals surface area contributed by atoms with Crippen LogP contribution >= 0.6 is 0 Å². The van der Waals surface area contributed by atoms with Crippen molar-refractivity contribution in [3.05, 3.63) is 65.2 Å². The molecule has 2 unspecified atom stereocenters. The molecule has 2 aromatic rings. The highest BCUT2D eigenvalue weighted by molar-refractivity contribution is 5.85. The molecule has 0 aliphatic carbocycles. The van der Waals surface area contributed by atoms with Gasteiger partial charge in [0.1, 0.15) is 17.5 Å². The molecular formula is C24H28FN3O5. The summed E-state index contributed by atoms with van der Waals surface area (Å²) in [5, 5.41) is 12.4. The first kappa shape index (κ1) is 24.2. The van der Waals surface area contributed by atoms with Gasteiger partial charge in [-0.25, -0.2) is 14.0 Å². The van der Waals surface area contributed by atoms with Crippen molar-refractivity contribution in [3.63, 3.8) is 0 Å². The largest absolute Gasteiger partial charge is 0.480 e. The fourth-order valence-electron chi connectivity index (χ4n) is 3.80. The zero-order valence-electron chi connectivity index (χ0n) is 18.9. The summed E-state index contributed by atoms with van der Waals surface area (Å²) in [4.78, 5) is 42.8. The predicted octanol–water partition coefficient (Wildman–Crippen LogP) is 3.08. The molecule has 1 aliphatic rings. The Balaban J connectivity index is 1.81. The smallest absolute Gasteiger partial charge is 0.407 e. The maximum Gasteiger partial charge on any atom is 0.407 e. The van der Waals surface area contributed by atoms with E-state index in [4.69, 9.17) is 4.74 Å². The number of carbonyl (C=O) groups excluding carboxylic acids is 2. The second kappa shape index (κ2) is 9.97. The molecule has 0 saturated carbocycles. The lowest BCUT2D eigenvalue weighted by Crippen LogP contribution is -2.51. The minimum absolute atomic E-state index is 0.0430. The zero-order valence-corrected chi connectivity index (χ0v) is 18.9. The van der Waals surface area contributed by atoms with Gasteiger partial charge in [-0.2, -0.15) is 0 Å². The number of amides is 2. The number of hydrogen-bond acceptors (Lipinski definition) is 5. The van der Waals surface area contributed by atoms with E-state index in [2.05, 4.69) is 10.3 Å². The van der Waals surface area contributed by atoms with Crippen LogP contribution in [0.1, 0.15) is 43.9 Å². The van der Waals surface area contributed by atoms with E-state index in [1.807, 2.05) is 0 Å². The van der Waals surface area contributed by atoms with Crippen LogP contribution < -0.4 is 5.32 Å². The molecule has 1 aromatic carbocycles. The number of aromatic nitrogens is 1. The molecule has 3 rings (SSSR count). The predicted molar refractivity (Wildman–Crippen MR) is 118 cm³/mol. The first-order valence-electron chi connectivity index (χ1n) is 10.7. The second-order valence-electron chi connectivity index (χ2n) is 9.07. The van der Waals surface area contributed by atoms with E-state index in [1.165, 1.54) is 11.0 Å². The van der Waals surface area contributed by atoms with Crippen molar-refractivity contribution in [2.24, 2.45) is 0 Å². The number of aliphatic carboxylic acids is 1. The molecule has 2 N–H and O–H groups in total. The van der Waals surface area contributed by atoms with Crippen molar-refractivity contribution in [2.75, 3.05) is 0 Å². The first-order valence-corrected chi connectivity index (χ1v) is 10.7. The van der Waals surface area contributed by atoms with Gasteiger partial charge in [-0.3, -0.25) is 9.78 Å². The van der Waals surface area contributed by atoms with Crippen molar-refractivity contribution in [1.82, 2.24) is 15.2 Å². The maximum absolute atomic E-state index is 14.3. The van der Waals surface area contributed by atoms with Crippen LogP contribution in [0.3, 0.4) is 0 Å². The van der Waals surface area contributed by atoms with Crippen molar-refractivity contribution in [3.8, 4) is 0 Å². The summed E-state index contributed by atoms with van der Waals surface area (Å²) in [5.41, 5.74) is 1.17. The third-order valence-corrected chi connectivity index (χ3v) is 5.31. The van der Waals surface area contributed by atoms with Crippen LogP contribution in [-0.2, 0) is 33.7 Å². The van der Waals surface area contributed by atoms with E-state index in [0.717, 1.165) is 11.1 Å². The number of rotatable bonds is 6. The zero-order chi connectivity index (χ0) is 24.2. The number of carboxylic acids is 1. The Morgan fingerprint density at radius 1 is 1.24 bits per heavy atom. The van der Waals surface area contributed by atoms with E-state index >= 15 is 0 Å². The number of nitrogens with one attached hydrogen (secondary N) is 1. The van der Waals surface area contributed by atoms with Crippen LogP contribution in [0.2, 0.25) is 0 Å². The summed E-state index contributed by atoms with van der Waals surface area (Å²) in [6.45, 7) is 5.22. The summed E-state index contributed by atoms with van der Waals surface area (Å²) in [6.07, 6.45) is 2.46. The molecule has 0 saturated heterocycles. The van der Waals surface area contributed by atoms with Gasteiger partial charge in [0.15, 0.2) is 0 Å². The third kappa shape index (κ3) is 6.50. The Hall–Kier alpha value is -3.49. The molecule has 2 amide bonds. The number of halogens is 1. The Kier molecular flexibility index (Phi) is 7.30. The number of carboxylic acid groups (broad SMARTS) is 1. The number of alkyl carbamates (subject to hydrolysis) is 1. The van der Waals surface area contributed by atoms with Crippen molar-refractivity contribution in [2.45, 2.75) is 64.3 Å². The molecule has 0 fully saturated rings. The number of nitrogens with zero attached hydrogens (tertiary/aromatic N) is 2. The van der Waals surface area contributed by atoms with Gasteiger partial charge in [-0.05, 0) is 56.0 Å². The normalized spacial score (nSPS) is 16.5. The van der Waals surface area contributed by atoms with Gasteiger partial charge < -0.3 is 20.1 Å². The van der Waals surface area contributed by atoms with Gasteiger partial charge in [0.05, 0.1) is 0 Å². The number of fused-ring (bicyclic) bond motifs is 1. The van der Waals surface area contributed by atoms with E-state index in [0.29, 0.717) is 5.56 Å². The highest BCUT2D eigenvalue weighted by atomic mass is 19.1. The molecule has 8 nitrogen and oxygen atoms in total. The summed E-state index contributed by atoms with van der Waals surface area (Å²) in [7, 11) is 0. The fraction of sp³-hybridized carbons (Fsp3) is 0.417. The van der Waals surface area contributed by atoms with Crippen LogP contribution in [0, 0.1) is 5.82 Å². The lowest BCUT2D eigenvalue weighted by molar-refractivity contribution is -0.151. The third-order valence-electron chi connectivity index (χ3n) is 5.31. The Morgan fingerprint density at radius 2 is 1.97 bits per heavy atom. The van der Waals surface area contributed by atoms with E-state index < -0.39 is 41.5 Å². The summed E-state index contributed by atoms with van der Waals surface area (Å²) in [5.74, 6) is -2.03. The lowest BCUT2D eigenvalue weighted by atomic mass is 9.94. The molecular weight excluding hydrogens is 429 g/mol. The van der Waals surface area contributed by atoms with Crippen LogP contribution in [-0.4, -0.2) is 50.6 Å². The maximum atomic E-state index is 14.3. The number of pyridine rings is 1. The Labute approximate surface area is 191 Å². The average Bonchev–Trinajstić information content (AvgIpc) is 2.72. The molecule has 0 radical (unpaired) electrons. The molecule has 176 valence electrons. The quantitative estimate of drug-likeness (QED) is 0.690. The highest BCUT2D eigenvalue weighted by Crippen LogP contribution is 2.24. The minimum Gasteiger partial charge on any atom is -0.480 e. The van der Waals surface area contributed by atoms with Gasteiger partial charge in [0.25, 0.3) is 0 Å². The van der Waals surface area contributed by atoms with E-state index in [9.17, 15) is 23.9 Å².